The van der Waals surface area contributed by atoms with E-state index in [4.69, 9.17) is 4.74 Å². The molecule has 0 aromatic heterocycles. The van der Waals surface area contributed by atoms with Gasteiger partial charge in [-0.3, -0.25) is 4.79 Å². The molecule has 1 N–H and O–H groups in total. The van der Waals surface area contributed by atoms with E-state index in [9.17, 15) is 9.90 Å². The highest BCUT2D eigenvalue weighted by Gasteiger charge is 2.39. The third kappa shape index (κ3) is 5.49. The molecule has 4 aliphatic carbocycles. The fourth-order valence-electron chi connectivity index (χ4n) is 7.75. The number of aliphatic hydroxyl groups is 1. The van der Waals surface area contributed by atoms with Crippen molar-refractivity contribution in [1.29, 1.82) is 0 Å². The Morgan fingerprint density at radius 2 is 1.13 bits per heavy atom. The number of rotatable bonds is 6. The van der Waals surface area contributed by atoms with Crippen LogP contribution in [0.15, 0.2) is 0 Å². The van der Waals surface area contributed by atoms with Crippen molar-refractivity contribution in [3.8, 4) is 0 Å². The largest absolute Gasteiger partial charge is 0.393 e. The number of hydrogen-bond acceptors (Lipinski definition) is 3. The van der Waals surface area contributed by atoms with Gasteiger partial charge in [0, 0.05) is 13.0 Å². The van der Waals surface area contributed by atoms with Crippen molar-refractivity contribution in [2.45, 2.75) is 121 Å². The number of ether oxygens (including phenoxy) is 1. The molecule has 4 aliphatic rings. The lowest BCUT2D eigenvalue weighted by atomic mass is 9.67. The fraction of sp³-hybridized carbons (Fsp3) is 0.963. The molecule has 0 aromatic rings. The molecule has 172 valence electrons. The first-order valence-corrected chi connectivity index (χ1v) is 13.4. The predicted molar refractivity (Wildman–Crippen MR) is 121 cm³/mol. The van der Waals surface area contributed by atoms with Gasteiger partial charge in [0.05, 0.1) is 6.10 Å². The van der Waals surface area contributed by atoms with Crippen LogP contribution in [-0.2, 0) is 9.53 Å². The summed E-state index contributed by atoms with van der Waals surface area (Å²) < 4.78 is 5.86. The highest BCUT2D eigenvalue weighted by atomic mass is 16.5. The first kappa shape index (κ1) is 22.8. The number of carbonyl (C=O) groups excluding carboxylic acids is 1. The normalized spacial score (nSPS) is 40.1. The van der Waals surface area contributed by atoms with Gasteiger partial charge in [0.25, 0.3) is 0 Å². The van der Waals surface area contributed by atoms with E-state index in [0.717, 1.165) is 62.2 Å². The topological polar surface area (TPSA) is 46.5 Å². The maximum atomic E-state index is 13.4. The highest BCUT2D eigenvalue weighted by Crippen LogP contribution is 2.43. The van der Waals surface area contributed by atoms with Crippen molar-refractivity contribution in [1.82, 2.24) is 0 Å². The van der Waals surface area contributed by atoms with E-state index in [0.29, 0.717) is 11.7 Å². The summed E-state index contributed by atoms with van der Waals surface area (Å²) in [7, 11) is 1.77. The van der Waals surface area contributed by atoms with Crippen LogP contribution in [0.2, 0.25) is 0 Å². The Kier molecular flexibility index (Phi) is 8.31. The minimum Gasteiger partial charge on any atom is -0.393 e. The zero-order chi connectivity index (χ0) is 20.9. The Morgan fingerprint density at radius 3 is 1.67 bits per heavy atom. The van der Waals surface area contributed by atoms with Crippen LogP contribution in [-0.4, -0.2) is 30.2 Å². The first-order valence-electron chi connectivity index (χ1n) is 13.4. The molecule has 3 nitrogen and oxygen atoms in total. The van der Waals surface area contributed by atoms with Gasteiger partial charge in [0.2, 0.25) is 0 Å². The van der Waals surface area contributed by atoms with Crippen LogP contribution < -0.4 is 0 Å². The number of ketones is 1. The molecule has 1 unspecified atom stereocenters. The number of methoxy groups -OCH3 is 1. The molecule has 0 aliphatic heterocycles. The third-order valence-electron chi connectivity index (χ3n) is 9.68. The molecule has 0 spiro atoms. The maximum Gasteiger partial charge on any atom is 0.164 e. The lowest BCUT2D eigenvalue weighted by molar-refractivity contribution is -0.138. The molecule has 0 amide bonds. The van der Waals surface area contributed by atoms with E-state index in [1.807, 2.05) is 0 Å². The smallest absolute Gasteiger partial charge is 0.164 e. The summed E-state index contributed by atoms with van der Waals surface area (Å²) in [5.41, 5.74) is 0. The lowest BCUT2D eigenvalue weighted by Gasteiger charge is -2.40. The molecular formula is C27H46O3. The van der Waals surface area contributed by atoms with Gasteiger partial charge in [-0.1, -0.05) is 32.1 Å². The predicted octanol–water partition coefficient (Wildman–Crippen LogP) is 6.31. The number of carbonyl (C=O) groups is 1. The lowest BCUT2D eigenvalue weighted by Crippen LogP contribution is -2.40. The molecule has 0 radical (unpaired) electrons. The Morgan fingerprint density at radius 1 is 0.667 bits per heavy atom. The van der Waals surface area contributed by atoms with Crippen LogP contribution in [0.4, 0.5) is 0 Å². The van der Waals surface area contributed by atoms with Gasteiger partial charge in [-0.15, -0.1) is 0 Å². The molecular weight excluding hydrogens is 372 g/mol. The fourth-order valence-corrected chi connectivity index (χ4v) is 7.75. The third-order valence-corrected chi connectivity index (χ3v) is 9.68. The van der Waals surface area contributed by atoms with E-state index >= 15 is 0 Å². The van der Waals surface area contributed by atoms with Crippen LogP contribution in [0, 0.1) is 35.5 Å². The van der Waals surface area contributed by atoms with Gasteiger partial charge < -0.3 is 9.84 Å². The monoisotopic (exact) mass is 418 g/mol. The second kappa shape index (κ2) is 10.9. The van der Waals surface area contributed by atoms with Gasteiger partial charge in [-0.05, 0) is 107 Å². The number of Topliss-reactive ketones (excluding diaryl/α,β-unsaturated/α-hetero) is 1. The molecule has 4 saturated carbocycles. The van der Waals surface area contributed by atoms with Gasteiger partial charge in [0.1, 0.15) is 6.10 Å². The molecule has 0 saturated heterocycles. The Labute approximate surface area is 184 Å². The van der Waals surface area contributed by atoms with Crippen LogP contribution in [0.5, 0.6) is 0 Å². The summed E-state index contributed by atoms with van der Waals surface area (Å²) in [4.78, 5) is 13.4. The van der Waals surface area contributed by atoms with Crippen molar-refractivity contribution < 1.29 is 14.6 Å². The average Bonchev–Trinajstić information content (AvgIpc) is 2.81. The maximum absolute atomic E-state index is 13.4. The van der Waals surface area contributed by atoms with Crippen molar-refractivity contribution in [3.63, 3.8) is 0 Å². The SMILES string of the molecule is COC(C(=O)C1CCC(C2CCCCC2)CC1)C1CCC(C2CCC(O)CC2)CC1. The van der Waals surface area contributed by atoms with Gasteiger partial charge in [-0.25, -0.2) is 0 Å². The summed E-state index contributed by atoms with van der Waals surface area (Å²) in [5, 5.41) is 9.79. The first-order chi connectivity index (χ1) is 14.7. The van der Waals surface area contributed by atoms with E-state index in [-0.39, 0.29) is 18.1 Å². The molecule has 3 heteroatoms. The summed E-state index contributed by atoms with van der Waals surface area (Å²) >= 11 is 0. The number of hydrogen-bond donors (Lipinski definition) is 1. The summed E-state index contributed by atoms with van der Waals surface area (Å²) in [6.45, 7) is 0. The second-order valence-electron chi connectivity index (χ2n) is 11.3. The highest BCUT2D eigenvalue weighted by molar-refractivity contribution is 5.85. The summed E-state index contributed by atoms with van der Waals surface area (Å²) in [6.07, 6.45) is 21.0. The standard InChI is InChI=1S/C27H46O3/c1-30-27(24-13-9-21(10-14-24)22-15-17-25(28)18-16-22)26(29)23-11-7-20(8-12-23)19-5-3-2-4-6-19/h19-25,27-28H,2-18H2,1H3. The van der Waals surface area contributed by atoms with Crippen LogP contribution in [0.1, 0.15) is 109 Å². The summed E-state index contributed by atoms with van der Waals surface area (Å²) in [5.74, 6) is 4.58. The second-order valence-corrected chi connectivity index (χ2v) is 11.3. The minimum atomic E-state index is -0.157. The molecule has 0 heterocycles. The van der Waals surface area contributed by atoms with Gasteiger partial charge in [0.15, 0.2) is 5.78 Å². The molecule has 4 fully saturated rings. The van der Waals surface area contributed by atoms with E-state index in [2.05, 4.69) is 0 Å². The molecule has 30 heavy (non-hydrogen) atoms. The Hall–Kier alpha value is -0.410. The van der Waals surface area contributed by atoms with Gasteiger partial charge in [-0.2, -0.15) is 0 Å². The van der Waals surface area contributed by atoms with E-state index in [1.165, 1.54) is 70.6 Å². The minimum absolute atomic E-state index is 0.0544. The quantitative estimate of drug-likeness (QED) is 0.549. The zero-order valence-corrected chi connectivity index (χ0v) is 19.4. The molecule has 1 atom stereocenters. The van der Waals surface area contributed by atoms with Crippen LogP contribution >= 0.6 is 0 Å². The Bertz CT molecular complexity index is 516. The number of aliphatic hydroxyl groups excluding tert-OH is 1. The van der Waals surface area contributed by atoms with Crippen molar-refractivity contribution in [3.05, 3.63) is 0 Å². The van der Waals surface area contributed by atoms with E-state index < -0.39 is 0 Å². The van der Waals surface area contributed by atoms with Crippen molar-refractivity contribution in [2.75, 3.05) is 7.11 Å². The Balaban J connectivity index is 1.23. The van der Waals surface area contributed by atoms with E-state index in [1.54, 1.807) is 7.11 Å². The van der Waals surface area contributed by atoms with Crippen LogP contribution in [0.25, 0.3) is 0 Å². The van der Waals surface area contributed by atoms with Crippen molar-refractivity contribution in [2.24, 2.45) is 35.5 Å². The summed E-state index contributed by atoms with van der Waals surface area (Å²) in [6, 6.07) is 0. The zero-order valence-electron chi connectivity index (χ0n) is 19.4. The molecule has 4 rings (SSSR count). The molecule has 0 bridgehead atoms. The van der Waals surface area contributed by atoms with Crippen LogP contribution in [0.3, 0.4) is 0 Å². The molecule has 0 aromatic carbocycles. The average molecular weight is 419 g/mol. The van der Waals surface area contributed by atoms with Gasteiger partial charge >= 0.3 is 0 Å². The van der Waals surface area contributed by atoms with Crippen molar-refractivity contribution >= 4 is 5.78 Å².